The van der Waals surface area contributed by atoms with E-state index in [0.717, 1.165) is 16.9 Å². The molecule has 0 aliphatic carbocycles. The van der Waals surface area contributed by atoms with Crippen LogP contribution in [0.4, 0.5) is 0 Å². The normalized spacial score (nSPS) is 11.5. The van der Waals surface area contributed by atoms with Crippen LogP contribution < -0.4 is 10.1 Å². The van der Waals surface area contributed by atoms with E-state index in [0.29, 0.717) is 25.0 Å². The van der Waals surface area contributed by atoms with Crippen molar-refractivity contribution in [2.24, 2.45) is 0 Å². The Morgan fingerprint density at radius 2 is 1.85 bits per heavy atom. The molecule has 1 unspecified atom stereocenters. The zero-order chi connectivity index (χ0) is 18.9. The second-order valence-corrected chi connectivity index (χ2v) is 5.98. The maximum atomic E-state index is 12.2. The van der Waals surface area contributed by atoms with Crippen LogP contribution in [0.5, 0.6) is 5.75 Å². The summed E-state index contributed by atoms with van der Waals surface area (Å²) in [5.41, 5.74) is 2.51. The zero-order valence-electron chi connectivity index (χ0n) is 15.5. The fourth-order valence-electron chi connectivity index (χ4n) is 2.62. The maximum Gasteiger partial charge on any atom is 0.337 e. The zero-order valence-corrected chi connectivity index (χ0v) is 15.5. The van der Waals surface area contributed by atoms with Crippen molar-refractivity contribution in [1.29, 1.82) is 0 Å². The van der Waals surface area contributed by atoms with E-state index >= 15 is 0 Å². The fourth-order valence-corrected chi connectivity index (χ4v) is 2.62. The lowest BCUT2D eigenvalue weighted by molar-refractivity contribution is -0.121. The topological polar surface area (TPSA) is 64.6 Å². The Labute approximate surface area is 154 Å². The van der Waals surface area contributed by atoms with E-state index in [1.54, 1.807) is 12.1 Å². The molecule has 2 rings (SSSR count). The van der Waals surface area contributed by atoms with Gasteiger partial charge in [0.2, 0.25) is 5.91 Å². The molecule has 0 saturated carbocycles. The molecule has 0 aromatic heterocycles. The molecule has 0 radical (unpaired) electrons. The Morgan fingerprint density at radius 3 is 2.50 bits per heavy atom. The number of benzene rings is 2. The van der Waals surface area contributed by atoms with Gasteiger partial charge in [-0.25, -0.2) is 4.79 Å². The van der Waals surface area contributed by atoms with E-state index < -0.39 is 0 Å². The van der Waals surface area contributed by atoms with Gasteiger partial charge in [-0.1, -0.05) is 24.3 Å². The lowest BCUT2D eigenvalue weighted by Crippen LogP contribution is -2.26. The molecule has 1 N–H and O–H groups in total. The van der Waals surface area contributed by atoms with Gasteiger partial charge in [-0.05, 0) is 55.7 Å². The van der Waals surface area contributed by atoms with Crippen molar-refractivity contribution in [2.45, 2.75) is 32.7 Å². The fraction of sp³-hybridized carbons (Fsp3) is 0.333. The largest absolute Gasteiger partial charge is 0.494 e. The summed E-state index contributed by atoms with van der Waals surface area (Å²) in [6, 6.07) is 14.7. The number of hydrogen-bond acceptors (Lipinski definition) is 4. The van der Waals surface area contributed by atoms with E-state index in [1.807, 2.05) is 50.2 Å². The van der Waals surface area contributed by atoms with Crippen LogP contribution in [0.1, 0.15) is 47.8 Å². The van der Waals surface area contributed by atoms with Crippen LogP contribution in [-0.2, 0) is 16.0 Å². The molecule has 5 heteroatoms. The summed E-state index contributed by atoms with van der Waals surface area (Å²) in [6.07, 6.45) is 0.992. The van der Waals surface area contributed by atoms with Crippen molar-refractivity contribution in [3.05, 3.63) is 65.2 Å². The lowest BCUT2D eigenvalue weighted by atomic mass is 10.1. The first-order chi connectivity index (χ1) is 12.5. The third kappa shape index (κ3) is 5.62. The lowest BCUT2D eigenvalue weighted by Gasteiger charge is -2.15. The van der Waals surface area contributed by atoms with Crippen molar-refractivity contribution < 1.29 is 19.1 Å². The summed E-state index contributed by atoms with van der Waals surface area (Å²) in [7, 11) is 1.35. The maximum absolute atomic E-state index is 12.2. The minimum Gasteiger partial charge on any atom is -0.494 e. The highest BCUT2D eigenvalue weighted by Crippen LogP contribution is 2.19. The minimum absolute atomic E-state index is 0.0173. The van der Waals surface area contributed by atoms with Gasteiger partial charge in [0.15, 0.2) is 0 Å². The molecule has 138 valence electrons. The van der Waals surface area contributed by atoms with Gasteiger partial charge in [0.1, 0.15) is 5.75 Å². The van der Waals surface area contributed by atoms with Gasteiger partial charge in [-0.2, -0.15) is 0 Å². The summed E-state index contributed by atoms with van der Waals surface area (Å²) < 4.78 is 10.2. The third-order valence-electron chi connectivity index (χ3n) is 4.06. The first kappa shape index (κ1) is 19.5. The van der Waals surface area contributed by atoms with Crippen LogP contribution in [0.25, 0.3) is 0 Å². The van der Waals surface area contributed by atoms with Crippen LogP contribution in [0.3, 0.4) is 0 Å². The number of ether oxygens (including phenoxy) is 2. The molecule has 0 fully saturated rings. The molecule has 2 aromatic rings. The van der Waals surface area contributed by atoms with Crippen LogP contribution in [0, 0.1) is 0 Å². The van der Waals surface area contributed by atoms with Crippen LogP contribution in [0.15, 0.2) is 48.5 Å². The molecule has 1 atom stereocenters. The monoisotopic (exact) mass is 355 g/mol. The van der Waals surface area contributed by atoms with E-state index in [4.69, 9.17) is 4.74 Å². The van der Waals surface area contributed by atoms with E-state index in [2.05, 4.69) is 10.1 Å². The Balaban J connectivity index is 1.86. The Kier molecular flexibility index (Phi) is 7.21. The van der Waals surface area contributed by atoms with Crippen molar-refractivity contribution in [1.82, 2.24) is 5.32 Å². The van der Waals surface area contributed by atoms with Gasteiger partial charge >= 0.3 is 5.97 Å². The van der Waals surface area contributed by atoms with Gasteiger partial charge in [0.25, 0.3) is 0 Å². The molecule has 0 saturated heterocycles. The van der Waals surface area contributed by atoms with Crippen molar-refractivity contribution >= 4 is 11.9 Å². The predicted octanol–water partition coefficient (Wildman–Crippen LogP) is 3.68. The molecule has 1 amide bonds. The Hall–Kier alpha value is -2.82. The number of aryl methyl sites for hydroxylation is 1. The molecule has 0 aliphatic heterocycles. The number of methoxy groups -OCH3 is 1. The predicted molar refractivity (Wildman–Crippen MR) is 100 cm³/mol. The molecule has 0 bridgehead atoms. The average molecular weight is 355 g/mol. The number of carbonyl (C=O) groups is 2. The average Bonchev–Trinajstić information content (AvgIpc) is 2.66. The van der Waals surface area contributed by atoms with E-state index in [9.17, 15) is 9.59 Å². The Morgan fingerprint density at radius 1 is 1.12 bits per heavy atom. The first-order valence-electron chi connectivity index (χ1n) is 8.73. The molecule has 26 heavy (non-hydrogen) atoms. The van der Waals surface area contributed by atoms with Crippen molar-refractivity contribution in [3.63, 3.8) is 0 Å². The second-order valence-electron chi connectivity index (χ2n) is 5.98. The van der Waals surface area contributed by atoms with E-state index in [-0.39, 0.29) is 17.9 Å². The van der Waals surface area contributed by atoms with Crippen LogP contribution >= 0.6 is 0 Å². The Bertz CT molecular complexity index is 740. The van der Waals surface area contributed by atoms with Gasteiger partial charge in [0, 0.05) is 6.42 Å². The number of esters is 1. The number of amides is 1. The highest BCUT2D eigenvalue weighted by Gasteiger charge is 2.11. The first-order valence-corrected chi connectivity index (χ1v) is 8.73. The highest BCUT2D eigenvalue weighted by molar-refractivity contribution is 5.89. The summed E-state index contributed by atoms with van der Waals surface area (Å²) >= 11 is 0. The summed E-state index contributed by atoms with van der Waals surface area (Å²) in [6.45, 7) is 4.50. The number of hydrogen-bond donors (Lipinski definition) is 1. The van der Waals surface area contributed by atoms with Gasteiger partial charge in [-0.15, -0.1) is 0 Å². The molecule has 0 heterocycles. The van der Waals surface area contributed by atoms with Crippen LogP contribution in [-0.4, -0.2) is 25.6 Å². The molecule has 2 aromatic carbocycles. The van der Waals surface area contributed by atoms with Gasteiger partial charge in [0.05, 0.1) is 25.3 Å². The van der Waals surface area contributed by atoms with Crippen molar-refractivity contribution in [2.75, 3.05) is 13.7 Å². The van der Waals surface area contributed by atoms with Crippen LogP contribution in [0.2, 0.25) is 0 Å². The summed E-state index contributed by atoms with van der Waals surface area (Å²) in [4.78, 5) is 23.6. The molecular formula is C21H25NO4. The van der Waals surface area contributed by atoms with Crippen molar-refractivity contribution in [3.8, 4) is 5.75 Å². The van der Waals surface area contributed by atoms with E-state index in [1.165, 1.54) is 7.11 Å². The third-order valence-corrected chi connectivity index (χ3v) is 4.06. The molecule has 0 aliphatic rings. The smallest absolute Gasteiger partial charge is 0.337 e. The molecular weight excluding hydrogens is 330 g/mol. The summed E-state index contributed by atoms with van der Waals surface area (Å²) in [5.74, 6) is 0.422. The van der Waals surface area contributed by atoms with Gasteiger partial charge in [-0.3, -0.25) is 4.79 Å². The summed E-state index contributed by atoms with van der Waals surface area (Å²) in [5, 5.41) is 3.01. The SMILES string of the molecule is CCOc1cccc(C(C)NC(=O)CCc2ccc(C(=O)OC)cc2)c1. The quantitative estimate of drug-likeness (QED) is 0.734. The number of rotatable bonds is 8. The standard InChI is InChI=1S/C21H25NO4/c1-4-26-19-7-5-6-18(14-19)15(2)22-20(23)13-10-16-8-11-17(12-9-16)21(24)25-3/h5-9,11-12,14-15H,4,10,13H2,1-3H3,(H,22,23). The molecule has 5 nitrogen and oxygen atoms in total. The highest BCUT2D eigenvalue weighted by atomic mass is 16.5. The second kappa shape index (κ2) is 9.61. The molecule has 0 spiro atoms. The van der Waals surface area contributed by atoms with Gasteiger partial charge < -0.3 is 14.8 Å². The number of nitrogens with one attached hydrogen (secondary N) is 1. The number of carbonyl (C=O) groups excluding carboxylic acids is 2. The minimum atomic E-state index is -0.364.